The second-order valence-corrected chi connectivity index (χ2v) is 6.46. The van der Waals surface area contributed by atoms with Crippen LogP contribution in [0, 0.1) is 0 Å². The molecule has 1 N–H and O–H groups in total. The van der Waals surface area contributed by atoms with E-state index in [-0.39, 0.29) is 6.04 Å². The highest BCUT2D eigenvalue weighted by atomic mass is 32.2. The van der Waals surface area contributed by atoms with E-state index in [0.29, 0.717) is 5.75 Å². The van der Waals surface area contributed by atoms with Gasteiger partial charge in [-0.2, -0.15) is 0 Å². The molecule has 0 saturated carbocycles. The van der Waals surface area contributed by atoms with Crippen molar-refractivity contribution < 1.29 is 8.95 Å². The van der Waals surface area contributed by atoms with E-state index in [2.05, 4.69) is 18.3 Å². The highest BCUT2D eigenvalue weighted by molar-refractivity contribution is 7.83. The number of anilines is 1. The zero-order chi connectivity index (χ0) is 15.2. The molecule has 112 valence electrons. The van der Waals surface area contributed by atoms with Gasteiger partial charge in [0.15, 0.2) is 0 Å². The molecule has 21 heavy (non-hydrogen) atoms. The van der Waals surface area contributed by atoms with Gasteiger partial charge in [0.25, 0.3) is 0 Å². The fourth-order valence-corrected chi connectivity index (χ4v) is 2.99. The van der Waals surface area contributed by atoms with Gasteiger partial charge in [-0.3, -0.25) is 4.21 Å². The number of benzene rings is 2. The Hall–Kier alpha value is -1.81. The van der Waals surface area contributed by atoms with E-state index in [9.17, 15) is 4.21 Å². The van der Waals surface area contributed by atoms with Crippen molar-refractivity contribution in [2.45, 2.75) is 18.7 Å². The summed E-state index contributed by atoms with van der Waals surface area (Å²) in [5.41, 5.74) is 3.22. The van der Waals surface area contributed by atoms with Crippen LogP contribution in [0.1, 0.15) is 24.1 Å². The van der Waals surface area contributed by atoms with Crippen molar-refractivity contribution in [2.24, 2.45) is 0 Å². The number of para-hydroxylation sites is 1. The Kier molecular flexibility index (Phi) is 5.39. The van der Waals surface area contributed by atoms with Gasteiger partial charge in [-0.1, -0.05) is 30.3 Å². The highest BCUT2D eigenvalue weighted by Crippen LogP contribution is 2.27. The first-order valence-corrected chi connectivity index (χ1v) is 8.61. The van der Waals surface area contributed by atoms with Gasteiger partial charge in [-0.25, -0.2) is 0 Å². The van der Waals surface area contributed by atoms with Crippen LogP contribution in [0.4, 0.5) is 5.69 Å². The molecule has 0 heterocycles. The summed E-state index contributed by atoms with van der Waals surface area (Å²) in [6, 6.07) is 16.2. The van der Waals surface area contributed by atoms with Crippen LogP contribution in [0.2, 0.25) is 0 Å². The van der Waals surface area contributed by atoms with Gasteiger partial charge < -0.3 is 10.1 Å². The monoisotopic (exact) mass is 303 g/mol. The molecular formula is C17H21NO2S. The fourth-order valence-electron chi connectivity index (χ4n) is 2.34. The smallest absolute Gasteiger partial charge is 0.124 e. The number of hydrogen-bond acceptors (Lipinski definition) is 3. The van der Waals surface area contributed by atoms with Crippen LogP contribution in [-0.4, -0.2) is 17.6 Å². The molecule has 2 atom stereocenters. The van der Waals surface area contributed by atoms with E-state index in [1.54, 1.807) is 13.4 Å². The van der Waals surface area contributed by atoms with Crippen LogP contribution in [0.25, 0.3) is 0 Å². The first-order chi connectivity index (χ1) is 10.1. The van der Waals surface area contributed by atoms with Crippen LogP contribution in [0.5, 0.6) is 5.75 Å². The van der Waals surface area contributed by atoms with Crippen molar-refractivity contribution in [3.63, 3.8) is 0 Å². The summed E-state index contributed by atoms with van der Waals surface area (Å²) in [6.45, 7) is 2.10. The van der Waals surface area contributed by atoms with Crippen molar-refractivity contribution in [3.8, 4) is 5.75 Å². The number of methoxy groups -OCH3 is 1. The Morgan fingerprint density at radius 3 is 2.67 bits per heavy atom. The maximum atomic E-state index is 11.3. The molecule has 0 aliphatic heterocycles. The second-order valence-electron chi connectivity index (χ2n) is 5.03. The normalized spacial score (nSPS) is 13.5. The Balaban J connectivity index is 2.15. The lowest BCUT2D eigenvalue weighted by Crippen LogP contribution is -2.08. The molecule has 4 heteroatoms. The third-order valence-electron chi connectivity index (χ3n) is 3.29. The maximum absolute atomic E-state index is 11.3. The molecule has 0 aromatic heterocycles. The molecule has 2 aromatic carbocycles. The topological polar surface area (TPSA) is 38.3 Å². The SMILES string of the molecule is COc1ccccc1C(C)Nc1cccc(CS(C)=O)c1. The van der Waals surface area contributed by atoms with E-state index < -0.39 is 10.8 Å². The van der Waals surface area contributed by atoms with Gasteiger partial charge in [0.1, 0.15) is 5.75 Å². The van der Waals surface area contributed by atoms with E-state index >= 15 is 0 Å². The minimum atomic E-state index is -0.826. The van der Waals surface area contributed by atoms with Crippen molar-refractivity contribution in [3.05, 3.63) is 59.7 Å². The number of ether oxygens (including phenoxy) is 1. The Labute approximate surface area is 128 Å². The summed E-state index contributed by atoms with van der Waals surface area (Å²) in [6.07, 6.45) is 1.72. The Bertz CT molecular complexity index is 628. The Morgan fingerprint density at radius 1 is 1.19 bits per heavy atom. The molecule has 3 nitrogen and oxygen atoms in total. The molecular weight excluding hydrogens is 282 g/mol. The second kappa shape index (κ2) is 7.27. The van der Waals surface area contributed by atoms with Crippen LogP contribution in [0.3, 0.4) is 0 Å². The third kappa shape index (κ3) is 4.33. The van der Waals surface area contributed by atoms with Gasteiger partial charge >= 0.3 is 0 Å². The molecule has 2 unspecified atom stereocenters. The summed E-state index contributed by atoms with van der Waals surface area (Å²) in [5.74, 6) is 1.46. The summed E-state index contributed by atoms with van der Waals surface area (Å²) in [7, 11) is 0.857. The molecule has 0 aliphatic carbocycles. The predicted octanol–water partition coefficient (Wildman–Crippen LogP) is 3.75. The van der Waals surface area contributed by atoms with E-state index in [1.807, 2.05) is 42.5 Å². The molecule has 0 aliphatic rings. The van der Waals surface area contributed by atoms with Crippen molar-refractivity contribution in [1.29, 1.82) is 0 Å². The first kappa shape index (κ1) is 15.6. The van der Waals surface area contributed by atoms with Crippen molar-refractivity contribution in [2.75, 3.05) is 18.7 Å². The third-order valence-corrected chi connectivity index (χ3v) is 4.03. The summed E-state index contributed by atoms with van der Waals surface area (Å²) < 4.78 is 16.7. The average molecular weight is 303 g/mol. The van der Waals surface area contributed by atoms with Crippen LogP contribution in [-0.2, 0) is 16.6 Å². The van der Waals surface area contributed by atoms with Crippen LogP contribution < -0.4 is 10.1 Å². The highest BCUT2D eigenvalue weighted by Gasteiger charge is 2.10. The molecule has 2 rings (SSSR count). The zero-order valence-corrected chi connectivity index (χ0v) is 13.4. The van der Waals surface area contributed by atoms with Crippen molar-refractivity contribution >= 4 is 16.5 Å². The van der Waals surface area contributed by atoms with Crippen LogP contribution >= 0.6 is 0 Å². The summed E-state index contributed by atoms with van der Waals surface area (Å²) in [4.78, 5) is 0. The van der Waals surface area contributed by atoms with E-state index in [1.165, 1.54) is 0 Å². The summed E-state index contributed by atoms with van der Waals surface area (Å²) in [5, 5.41) is 3.47. The molecule has 0 fully saturated rings. The number of rotatable bonds is 6. The predicted molar refractivity (Wildman–Crippen MR) is 89.2 cm³/mol. The first-order valence-electron chi connectivity index (χ1n) is 6.88. The minimum absolute atomic E-state index is 0.128. The zero-order valence-electron chi connectivity index (χ0n) is 12.6. The number of nitrogens with one attached hydrogen (secondary N) is 1. The molecule has 0 amide bonds. The average Bonchev–Trinajstić information content (AvgIpc) is 2.46. The van der Waals surface area contributed by atoms with Gasteiger partial charge in [0.05, 0.1) is 13.2 Å². The van der Waals surface area contributed by atoms with E-state index in [4.69, 9.17) is 4.74 Å². The largest absolute Gasteiger partial charge is 0.496 e. The standard InChI is InChI=1S/C17H21NO2S/c1-13(16-9-4-5-10-17(16)20-2)18-15-8-6-7-14(11-15)12-21(3)19/h4-11,13,18H,12H2,1-3H3. The molecule has 0 spiro atoms. The lowest BCUT2D eigenvalue weighted by atomic mass is 10.1. The number of hydrogen-bond donors (Lipinski definition) is 1. The van der Waals surface area contributed by atoms with Gasteiger partial charge in [0.2, 0.25) is 0 Å². The van der Waals surface area contributed by atoms with Crippen LogP contribution in [0.15, 0.2) is 48.5 Å². The Morgan fingerprint density at radius 2 is 1.95 bits per heavy atom. The van der Waals surface area contributed by atoms with Gasteiger partial charge in [-0.15, -0.1) is 0 Å². The lowest BCUT2D eigenvalue weighted by Gasteiger charge is -2.18. The quantitative estimate of drug-likeness (QED) is 0.883. The molecule has 0 bridgehead atoms. The fraction of sp³-hybridized carbons (Fsp3) is 0.294. The van der Waals surface area contributed by atoms with Gasteiger partial charge in [0, 0.05) is 34.1 Å². The maximum Gasteiger partial charge on any atom is 0.124 e. The molecule has 0 radical (unpaired) electrons. The molecule has 2 aromatic rings. The minimum Gasteiger partial charge on any atom is -0.496 e. The van der Waals surface area contributed by atoms with Gasteiger partial charge in [-0.05, 0) is 30.7 Å². The molecule has 0 saturated heterocycles. The van der Waals surface area contributed by atoms with E-state index in [0.717, 1.165) is 22.6 Å². The summed E-state index contributed by atoms with van der Waals surface area (Å²) >= 11 is 0. The van der Waals surface area contributed by atoms with Crippen molar-refractivity contribution in [1.82, 2.24) is 0 Å². The lowest BCUT2D eigenvalue weighted by molar-refractivity contribution is 0.408.